The summed E-state index contributed by atoms with van der Waals surface area (Å²) in [6.07, 6.45) is 3.38. The number of hydrogen-bond acceptors (Lipinski definition) is 1. The molecule has 0 fully saturated rings. The van der Waals surface area contributed by atoms with Crippen molar-refractivity contribution < 1.29 is 9.13 Å². The predicted octanol–water partition coefficient (Wildman–Crippen LogP) is 2.88. The number of ether oxygens (including phenoxy) is 1. The van der Waals surface area contributed by atoms with E-state index in [1.165, 1.54) is 12.1 Å². The van der Waals surface area contributed by atoms with Gasteiger partial charge in [-0.3, -0.25) is 0 Å². The Balaban J connectivity index is 2.52. The Morgan fingerprint density at radius 2 is 2.33 bits per heavy atom. The van der Waals surface area contributed by atoms with Gasteiger partial charge in [0.15, 0.2) is 0 Å². The molecule has 1 aromatic carbocycles. The van der Waals surface area contributed by atoms with Crippen LogP contribution in [-0.4, -0.2) is 0 Å². The average Bonchev–Trinajstić information content (AvgIpc) is 2.05. The minimum Gasteiger partial charge on any atom is -0.497 e. The molecule has 0 amide bonds. The fourth-order valence-corrected chi connectivity index (χ4v) is 0.867. The van der Waals surface area contributed by atoms with Crippen LogP contribution in [-0.2, 0) is 11.3 Å². The van der Waals surface area contributed by atoms with E-state index in [0.717, 1.165) is 5.56 Å². The summed E-state index contributed by atoms with van der Waals surface area (Å²) in [5.74, 6) is -0.225. The standard InChI is InChI=1S/C10H11FO/c1-2-6-12-8-9-4-3-5-10(11)7-9/h2-7H,8H2,1H3/b6-2+. The third-order valence-corrected chi connectivity index (χ3v) is 1.37. The van der Waals surface area contributed by atoms with Gasteiger partial charge in [-0.05, 0) is 24.6 Å². The molecule has 0 bridgehead atoms. The van der Waals surface area contributed by atoms with Crippen LogP contribution in [0, 0.1) is 5.82 Å². The molecule has 0 aliphatic rings. The van der Waals surface area contributed by atoms with Gasteiger partial charge in [-0.25, -0.2) is 4.39 Å². The first kappa shape index (κ1) is 8.78. The summed E-state index contributed by atoms with van der Waals surface area (Å²) in [6.45, 7) is 2.29. The van der Waals surface area contributed by atoms with Gasteiger partial charge in [-0.1, -0.05) is 18.2 Å². The second-order valence-electron chi connectivity index (χ2n) is 2.41. The van der Waals surface area contributed by atoms with E-state index in [1.54, 1.807) is 18.4 Å². The molecule has 1 nitrogen and oxygen atoms in total. The maximum absolute atomic E-state index is 12.6. The lowest BCUT2D eigenvalue weighted by molar-refractivity contribution is 0.235. The molecule has 0 atom stereocenters. The van der Waals surface area contributed by atoms with Crippen molar-refractivity contribution in [3.8, 4) is 0 Å². The maximum atomic E-state index is 12.6. The molecule has 2 heteroatoms. The zero-order chi connectivity index (χ0) is 8.81. The van der Waals surface area contributed by atoms with Gasteiger partial charge in [0.05, 0.1) is 6.26 Å². The van der Waals surface area contributed by atoms with Crippen molar-refractivity contribution in [2.45, 2.75) is 13.5 Å². The van der Waals surface area contributed by atoms with Gasteiger partial charge in [0, 0.05) is 0 Å². The van der Waals surface area contributed by atoms with Crippen LogP contribution >= 0.6 is 0 Å². The van der Waals surface area contributed by atoms with Crippen LogP contribution < -0.4 is 0 Å². The number of rotatable bonds is 3. The van der Waals surface area contributed by atoms with Gasteiger partial charge in [0.1, 0.15) is 12.4 Å². The summed E-state index contributed by atoms with van der Waals surface area (Å²) in [4.78, 5) is 0. The lowest BCUT2D eigenvalue weighted by atomic mass is 10.2. The first-order valence-corrected chi connectivity index (χ1v) is 3.80. The normalized spacial score (nSPS) is 10.5. The van der Waals surface area contributed by atoms with E-state index in [1.807, 2.05) is 13.0 Å². The minimum atomic E-state index is -0.225. The summed E-state index contributed by atoms with van der Waals surface area (Å²) in [6, 6.07) is 6.37. The van der Waals surface area contributed by atoms with Crippen molar-refractivity contribution in [1.29, 1.82) is 0 Å². The Morgan fingerprint density at radius 1 is 1.50 bits per heavy atom. The maximum Gasteiger partial charge on any atom is 0.123 e. The molecule has 0 unspecified atom stereocenters. The highest BCUT2D eigenvalue weighted by molar-refractivity contribution is 5.15. The number of halogens is 1. The molecule has 0 spiro atoms. The molecule has 0 radical (unpaired) electrons. The second-order valence-corrected chi connectivity index (χ2v) is 2.41. The average molecular weight is 166 g/mol. The van der Waals surface area contributed by atoms with Crippen LogP contribution in [0.2, 0.25) is 0 Å². The highest BCUT2D eigenvalue weighted by Gasteiger charge is 1.92. The molecule has 0 saturated carbocycles. The largest absolute Gasteiger partial charge is 0.497 e. The molecule has 0 heterocycles. The number of benzene rings is 1. The molecular formula is C10H11FO. The Bertz CT molecular complexity index is 268. The fraction of sp³-hybridized carbons (Fsp3) is 0.200. The molecule has 0 aromatic heterocycles. The van der Waals surface area contributed by atoms with E-state index in [9.17, 15) is 4.39 Å². The van der Waals surface area contributed by atoms with E-state index >= 15 is 0 Å². The monoisotopic (exact) mass is 166 g/mol. The zero-order valence-electron chi connectivity index (χ0n) is 6.96. The molecule has 1 rings (SSSR count). The van der Waals surface area contributed by atoms with Crippen LogP contribution in [0.5, 0.6) is 0 Å². The second kappa shape index (κ2) is 4.54. The third-order valence-electron chi connectivity index (χ3n) is 1.37. The molecule has 0 N–H and O–H groups in total. The predicted molar refractivity (Wildman–Crippen MR) is 46.0 cm³/mol. The first-order valence-electron chi connectivity index (χ1n) is 3.80. The minimum absolute atomic E-state index is 0.225. The topological polar surface area (TPSA) is 9.23 Å². The van der Waals surface area contributed by atoms with Gasteiger partial charge in [-0.2, -0.15) is 0 Å². The van der Waals surface area contributed by atoms with E-state index in [4.69, 9.17) is 4.74 Å². The van der Waals surface area contributed by atoms with Crippen molar-refractivity contribution in [2.24, 2.45) is 0 Å². The Labute approximate surface area is 71.5 Å². The summed E-state index contributed by atoms with van der Waals surface area (Å²) in [5, 5.41) is 0. The molecule has 0 aliphatic heterocycles. The van der Waals surface area contributed by atoms with Crippen molar-refractivity contribution in [3.63, 3.8) is 0 Å². The van der Waals surface area contributed by atoms with Crippen molar-refractivity contribution in [3.05, 3.63) is 48.0 Å². The van der Waals surface area contributed by atoms with Crippen molar-refractivity contribution >= 4 is 0 Å². The van der Waals surface area contributed by atoms with Crippen molar-refractivity contribution in [1.82, 2.24) is 0 Å². The summed E-state index contributed by atoms with van der Waals surface area (Å²) in [5.41, 5.74) is 0.841. The Kier molecular flexibility index (Phi) is 3.33. The molecule has 0 saturated heterocycles. The van der Waals surface area contributed by atoms with E-state index in [0.29, 0.717) is 6.61 Å². The zero-order valence-corrected chi connectivity index (χ0v) is 6.96. The van der Waals surface area contributed by atoms with Gasteiger partial charge >= 0.3 is 0 Å². The summed E-state index contributed by atoms with van der Waals surface area (Å²) in [7, 11) is 0. The molecule has 64 valence electrons. The molecular weight excluding hydrogens is 155 g/mol. The molecule has 1 aromatic rings. The van der Waals surface area contributed by atoms with Crippen LogP contribution in [0.4, 0.5) is 4.39 Å². The lowest BCUT2D eigenvalue weighted by Crippen LogP contribution is -1.86. The molecule has 0 aliphatic carbocycles. The Morgan fingerprint density at radius 3 is 3.00 bits per heavy atom. The number of hydrogen-bond donors (Lipinski definition) is 0. The quantitative estimate of drug-likeness (QED) is 0.627. The third kappa shape index (κ3) is 2.74. The van der Waals surface area contributed by atoms with Gasteiger partial charge in [0.2, 0.25) is 0 Å². The van der Waals surface area contributed by atoms with Gasteiger partial charge in [0.25, 0.3) is 0 Å². The van der Waals surface area contributed by atoms with Gasteiger partial charge < -0.3 is 4.74 Å². The highest BCUT2D eigenvalue weighted by atomic mass is 19.1. The SMILES string of the molecule is C/C=C/OCc1cccc(F)c1. The first-order chi connectivity index (χ1) is 5.83. The van der Waals surface area contributed by atoms with Crippen LogP contribution in [0.3, 0.4) is 0 Å². The molecule has 12 heavy (non-hydrogen) atoms. The fourth-order valence-electron chi connectivity index (χ4n) is 0.867. The smallest absolute Gasteiger partial charge is 0.123 e. The van der Waals surface area contributed by atoms with E-state index in [-0.39, 0.29) is 5.82 Å². The highest BCUT2D eigenvalue weighted by Crippen LogP contribution is 2.04. The van der Waals surface area contributed by atoms with Crippen molar-refractivity contribution in [2.75, 3.05) is 0 Å². The lowest BCUT2D eigenvalue weighted by Gasteiger charge is -1.99. The van der Waals surface area contributed by atoms with Gasteiger partial charge in [-0.15, -0.1) is 0 Å². The van der Waals surface area contributed by atoms with E-state index in [2.05, 4.69) is 0 Å². The van der Waals surface area contributed by atoms with Crippen LogP contribution in [0.15, 0.2) is 36.6 Å². The van der Waals surface area contributed by atoms with Crippen LogP contribution in [0.1, 0.15) is 12.5 Å². The van der Waals surface area contributed by atoms with E-state index < -0.39 is 0 Å². The summed E-state index contributed by atoms with van der Waals surface area (Å²) < 4.78 is 17.7. The Hall–Kier alpha value is -1.31. The summed E-state index contributed by atoms with van der Waals surface area (Å²) >= 11 is 0. The van der Waals surface area contributed by atoms with Crippen LogP contribution in [0.25, 0.3) is 0 Å². The number of allylic oxidation sites excluding steroid dienone is 1.